The predicted molar refractivity (Wildman–Crippen MR) is 102 cm³/mol. The quantitative estimate of drug-likeness (QED) is 0.250. The topological polar surface area (TPSA) is 75.9 Å². The number of hydrazine groups is 1. The van der Waals surface area contributed by atoms with Crippen LogP contribution in [0.5, 0.6) is 0 Å². The lowest BCUT2D eigenvalue weighted by Crippen LogP contribution is -2.41. The molecule has 1 aliphatic rings. The Morgan fingerprint density at radius 2 is 2.12 bits per heavy atom. The third kappa shape index (κ3) is 6.72. The Bertz CT molecular complexity index is 539. The van der Waals surface area contributed by atoms with Crippen molar-refractivity contribution in [3.05, 3.63) is 11.8 Å². The molecule has 6 nitrogen and oxygen atoms in total. The number of carbonyl (C=O) groups is 2. The summed E-state index contributed by atoms with van der Waals surface area (Å²) >= 11 is 0. The Labute approximate surface area is 157 Å². The fourth-order valence-electron chi connectivity index (χ4n) is 3.21. The fraction of sp³-hybridized carbons (Fsp3) is 0.700. The van der Waals surface area contributed by atoms with Gasteiger partial charge < -0.3 is 9.64 Å². The number of carbonyl (C=O) groups excluding carboxylic acids is 2. The van der Waals surface area contributed by atoms with E-state index in [0.29, 0.717) is 5.76 Å². The number of hydrogen-bond donors (Lipinski definition) is 1. The Balaban J connectivity index is 2.20. The van der Waals surface area contributed by atoms with E-state index in [0.717, 1.165) is 57.9 Å². The maximum Gasteiger partial charge on any atom is 0.264 e. The largest absolute Gasteiger partial charge is 0.499 e. The minimum Gasteiger partial charge on any atom is -0.499 e. The lowest BCUT2D eigenvalue weighted by molar-refractivity contribution is -0.134. The highest BCUT2D eigenvalue weighted by Crippen LogP contribution is 2.22. The van der Waals surface area contributed by atoms with Crippen LogP contribution in [0.4, 0.5) is 0 Å². The van der Waals surface area contributed by atoms with E-state index < -0.39 is 0 Å². The Hall–Kier alpha value is -2.00. The molecule has 0 unspecified atom stereocenters. The van der Waals surface area contributed by atoms with Crippen LogP contribution in [-0.2, 0) is 14.3 Å². The molecule has 0 saturated carbocycles. The van der Waals surface area contributed by atoms with Gasteiger partial charge in [0.1, 0.15) is 11.8 Å². The molecule has 0 saturated heterocycles. The van der Waals surface area contributed by atoms with Gasteiger partial charge in [-0.1, -0.05) is 26.2 Å². The molecule has 26 heavy (non-hydrogen) atoms. The Morgan fingerprint density at radius 3 is 2.77 bits per heavy atom. The summed E-state index contributed by atoms with van der Waals surface area (Å²) in [6.07, 6.45) is 13.9. The highest BCUT2D eigenvalue weighted by atomic mass is 16.5. The molecule has 2 N–H and O–H groups in total. The first-order valence-electron chi connectivity index (χ1n) is 9.44. The van der Waals surface area contributed by atoms with Crippen molar-refractivity contribution >= 4 is 11.8 Å². The molecule has 0 aromatic rings. The Morgan fingerprint density at radius 1 is 1.38 bits per heavy atom. The first-order chi connectivity index (χ1) is 12.4. The second kappa shape index (κ2) is 11.6. The lowest BCUT2D eigenvalue weighted by Gasteiger charge is -2.23. The van der Waals surface area contributed by atoms with Crippen molar-refractivity contribution in [2.75, 3.05) is 20.7 Å². The minimum atomic E-state index is -0.214. The van der Waals surface area contributed by atoms with E-state index in [2.05, 4.69) is 5.92 Å². The van der Waals surface area contributed by atoms with Gasteiger partial charge in [0.2, 0.25) is 5.91 Å². The van der Waals surface area contributed by atoms with Gasteiger partial charge in [-0.25, -0.2) is 5.84 Å². The molecule has 1 aliphatic heterocycles. The third-order valence-electron chi connectivity index (χ3n) is 4.90. The zero-order valence-electron chi connectivity index (χ0n) is 16.4. The van der Waals surface area contributed by atoms with E-state index >= 15 is 0 Å². The van der Waals surface area contributed by atoms with E-state index in [-0.39, 0.29) is 23.8 Å². The maximum absolute atomic E-state index is 12.3. The van der Waals surface area contributed by atoms with Crippen molar-refractivity contribution in [2.45, 2.75) is 64.3 Å². The first-order valence-corrected chi connectivity index (χ1v) is 9.44. The maximum atomic E-state index is 12.3. The standard InChI is InChI=1S/C20H33N3O3/c1-5-6-7-9-12-16(2)20(25)22(3)14-11-8-10-13-17-18(26-4)15-19(24)23(17)21/h1,15-17H,6-14,21H2,2-4H3/t16-,17-/m0/s1. The summed E-state index contributed by atoms with van der Waals surface area (Å²) in [7, 11) is 3.42. The molecule has 6 heteroatoms. The van der Waals surface area contributed by atoms with Crippen molar-refractivity contribution in [2.24, 2.45) is 11.8 Å². The van der Waals surface area contributed by atoms with Crippen LogP contribution in [0.2, 0.25) is 0 Å². The van der Waals surface area contributed by atoms with Crippen LogP contribution in [0.1, 0.15) is 58.3 Å². The summed E-state index contributed by atoms with van der Waals surface area (Å²) in [5, 5.41) is 1.23. The zero-order chi connectivity index (χ0) is 19.5. The molecule has 0 spiro atoms. The molecule has 0 fully saturated rings. The highest BCUT2D eigenvalue weighted by Gasteiger charge is 2.31. The predicted octanol–water partition coefficient (Wildman–Crippen LogP) is 2.45. The van der Waals surface area contributed by atoms with Crippen LogP contribution in [0.3, 0.4) is 0 Å². The lowest BCUT2D eigenvalue weighted by atomic mass is 10.0. The highest BCUT2D eigenvalue weighted by molar-refractivity contribution is 5.90. The smallest absolute Gasteiger partial charge is 0.264 e. The Kier molecular flexibility index (Phi) is 9.82. The number of rotatable bonds is 12. The third-order valence-corrected chi connectivity index (χ3v) is 4.90. The van der Waals surface area contributed by atoms with Crippen molar-refractivity contribution in [3.63, 3.8) is 0 Å². The molecule has 0 aliphatic carbocycles. The number of methoxy groups -OCH3 is 1. The summed E-state index contributed by atoms with van der Waals surface area (Å²) in [6.45, 7) is 2.73. The molecule has 2 amide bonds. The van der Waals surface area contributed by atoms with Gasteiger partial charge in [-0.2, -0.15) is 0 Å². The number of unbranched alkanes of at least 4 members (excludes halogenated alkanes) is 4. The minimum absolute atomic E-state index is 0.0440. The molecular weight excluding hydrogens is 330 g/mol. The van der Waals surface area contributed by atoms with Crippen molar-refractivity contribution in [1.82, 2.24) is 9.91 Å². The first kappa shape index (κ1) is 22.0. The van der Waals surface area contributed by atoms with Crippen LogP contribution >= 0.6 is 0 Å². The van der Waals surface area contributed by atoms with E-state index in [1.54, 1.807) is 7.11 Å². The van der Waals surface area contributed by atoms with Crippen LogP contribution < -0.4 is 5.84 Å². The van der Waals surface area contributed by atoms with Gasteiger partial charge in [-0.05, 0) is 25.7 Å². The summed E-state index contributed by atoms with van der Waals surface area (Å²) in [6, 6.07) is -0.171. The number of hydrogen-bond acceptors (Lipinski definition) is 4. The van der Waals surface area contributed by atoms with Gasteiger partial charge >= 0.3 is 0 Å². The summed E-state index contributed by atoms with van der Waals surface area (Å²) in [5.41, 5.74) is 0. The van der Waals surface area contributed by atoms with Gasteiger partial charge in [-0.15, -0.1) is 12.3 Å². The number of nitrogens with two attached hydrogens (primary N) is 1. The van der Waals surface area contributed by atoms with E-state index in [1.165, 1.54) is 11.1 Å². The molecule has 0 bridgehead atoms. The van der Waals surface area contributed by atoms with Gasteiger partial charge in [0.25, 0.3) is 5.91 Å². The van der Waals surface area contributed by atoms with Gasteiger partial charge in [-0.3, -0.25) is 14.6 Å². The summed E-state index contributed by atoms with van der Waals surface area (Å²) in [4.78, 5) is 25.7. The molecular formula is C20H33N3O3. The van der Waals surface area contributed by atoms with Crippen molar-refractivity contribution < 1.29 is 14.3 Å². The molecule has 1 heterocycles. The van der Waals surface area contributed by atoms with Gasteiger partial charge in [0.15, 0.2) is 0 Å². The zero-order valence-corrected chi connectivity index (χ0v) is 16.4. The molecule has 1 rings (SSSR count). The molecule has 2 atom stereocenters. The molecule has 146 valence electrons. The SMILES string of the molecule is C#CCCCC[C@H](C)C(=O)N(C)CCCCC[C@H]1C(OC)=CC(=O)N1N. The normalized spacial score (nSPS) is 17.7. The average Bonchev–Trinajstić information content (AvgIpc) is 2.91. The van der Waals surface area contributed by atoms with Crippen LogP contribution in [0.15, 0.2) is 11.8 Å². The van der Waals surface area contributed by atoms with E-state index in [1.807, 2.05) is 18.9 Å². The van der Waals surface area contributed by atoms with Crippen LogP contribution in [0.25, 0.3) is 0 Å². The number of amides is 2. The number of terminal acetylenes is 1. The fourth-order valence-corrected chi connectivity index (χ4v) is 3.21. The molecule has 0 radical (unpaired) electrons. The summed E-state index contributed by atoms with van der Waals surface area (Å²) < 4.78 is 5.22. The molecule has 0 aromatic carbocycles. The second-order valence-corrected chi connectivity index (χ2v) is 6.97. The van der Waals surface area contributed by atoms with E-state index in [4.69, 9.17) is 17.0 Å². The van der Waals surface area contributed by atoms with Crippen molar-refractivity contribution in [3.8, 4) is 12.3 Å². The average molecular weight is 364 g/mol. The van der Waals surface area contributed by atoms with Gasteiger partial charge in [0, 0.05) is 32.0 Å². The second-order valence-electron chi connectivity index (χ2n) is 6.97. The van der Waals surface area contributed by atoms with E-state index in [9.17, 15) is 9.59 Å². The number of ether oxygens (including phenoxy) is 1. The van der Waals surface area contributed by atoms with Crippen LogP contribution in [0, 0.1) is 18.3 Å². The van der Waals surface area contributed by atoms with Crippen LogP contribution in [-0.4, -0.2) is 48.5 Å². The monoisotopic (exact) mass is 363 g/mol. The van der Waals surface area contributed by atoms with Crippen molar-refractivity contribution in [1.29, 1.82) is 0 Å². The molecule has 0 aromatic heterocycles. The number of nitrogens with zero attached hydrogens (tertiary/aromatic N) is 2. The van der Waals surface area contributed by atoms with Gasteiger partial charge in [0.05, 0.1) is 7.11 Å². The summed E-state index contributed by atoms with van der Waals surface area (Å²) in [5.74, 6) is 9.06.